The van der Waals surface area contributed by atoms with E-state index in [1.54, 1.807) is 18.5 Å². The van der Waals surface area contributed by atoms with Crippen LogP contribution in [0, 0.1) is 0 Å². The summed E-state index contributed by atoms with van der Waals surface area (Å²) in [5.74, 6) is -0.867. The number of urea groups is 1. The summed E-state index contributed by atoms with van der Waals surface area (Å²) >= 11 is 1.14. The first-order valence-corrected chi connectivity index (χ1v) is 9.50. The van der Waals surface area contributed by atoms with Crippen LogP contribution in [0.1, 0.15) is 37.8 Å². The number of fused-ring (bicyclic) bond motifs is 4. The number of nitrogens with zero attached hydrogens (tertiary/aromatic N) is 3. The minimum atomic E-state index is -0.954. The summed E-state index contributed by atoms with van der Waals surface area (Å²) in [6.07, 6.45) is 4.06. The second kappa shape index (κ2) is 7.21. The minimum absolute atomic E-state index is 0.169. The number of hydrogen-bond acceptors (Lipinski definition) is 7. The highest BCUT2D eigenvalue weighted by atomic mass is 32.1. The molecule has 146 valence electrons. The Bertz CT molecular complexity index is 931. The molecule has 0 aromatic carbocycles. The lowest BCUT2D eigenvalue weighted by molar-refractivity contribution is -0.146. The van der Waals surface area contributed by atoms with E-state index in [4.69, 9.17) is 4.74 Å². The molecule has 0 saturated carbocycles. The first-order chi connectivity index (χ1) is 13.5. The molecule has 2 aromatic rings. The normalized spacial score (nSPS) is 20.1. The Morgan fingerprint density at radius 1 is 1.39 bits per heavy atom. The van der Waals surface area contributed by atoms with E-state index in [-0.39, 0.29) is 12.5 Å². The fourth-order valence-corrected chi connectivity index (χ4v) is 4.74. The number of esters is 1. The molecule has 0 aliphatic carbocycles. The van der Waals surface area contributed by atoms with Gasteiger partial charge < -0.3 is 15.0 Å². The lowest BCUT2D eigenvalue weighted by Gasteiger charge is -2.28. The van der Waals surface area contributed by atoms with Crippen LogP contribution in [0.25, 0.3) is 0 Å². The van der Waals surface area contributed by atoms with E-state index < -0.39 is 24.1 Å². The van der Waals surface area contributed by atoms with Gasteiger partial charge in [0.15, 0.2) is 6.04 Å². The number of ether oxygens (including phenoxy) is 1. The molecular weight excluding hydrogens is 384 g/mol. The van der Waals surface area contributed by atoms with Gasteiger partial charge in [-0.1, -0.05) is 0 Å². The second-order valence-electron chi connectivity index (χ2n) is 6.51. The van der Waals surface area contributed by atoms with Gasteiger partial charge in [0.1, 0.15) is 6.04 Å². The van der Waals surface area contributed by atoms with E-state index in [0.29, 0.717) is 33.3 Å². The monoisotopic (exact) mass is 402 g/mol. The molecule has 4 heterocycles. The van der Waals surface area contributed by atoms with Crippen LogP contribution in [0.2, 0.25) is 0 Å². The van der Waals surface area contributed by atoms with Gasteiger partial charge in [0, 0.05) is 23.8 Å². The van der Waals surface area contributed by atoms with E-state index in [1.807, 2.05) is 12.1 Å². The van der Waals surface area contributed by atoms with Crippen LogP contribution in [0.4, 0.5) is 4.79 Å². The highest BCUT2D eigenvalue weighted by Crippen LogP contribution is 2.47. The molecule has 4 rings (SSSR count). The number of pyridine rings is 1. The molecule has 1 saturated heterocycles. The molecule has 1 fully saturated rings. The number of amides is 3. The summed E-state index contributed by atoms with van der Waals surface area (Å²) in [5.41, 5.74) is 1.66. The van der Waals surface area contributed by atoms with E-state index in [1.165, 1.54) is 12.0 Å². The number of carbonyl (C=O) groups is 3. The first-order valence-electron chi connectivity index (χ1n) is 8.68. The van der Waals surface area contributed by atoms with Crippen LogP contribution in [0.3, 0.4) is 0 Å². The van der Waals surface area contributed by atoms with Gasteiger partial charge in [-0.15, -0.1) is 11.3 Å². The van der Waals surface area contributed by atoms with E-state index in [0.717, 1.165) is 16.9 Å². The third-order valence-electron chi connectivity index (χ3n) is 4.91. The molecule has 0 spiro atoms. The fraction of sp³-hybridized carbons (Fsp3) is 0.333. The standard InChI is InChI=1S/C18H18N4O5S/c1-27-17(24)14-15-11(12-9-21(14)18(25)22(12)26)8-13(28-15)16(23)20-7-4-10-2-5-19-6-3-10/h2-3,5-6,8,12,14,26H,4,7,9H2,1H3,(H,20,23). The molecule has 0 radical (unpaired) electrons. The highest BCUT2D eigenvalue weighted by Gasteiger charge is 2.51. The molecular formula is C18H18N4O5S. The summed E-state index contributed by atoms with van der Waals surface area (Å²) in [6, 6.07) is 3.21. The number of carbonyl (C=O) groups excluding carboxylic acids is 3. The number of hydrogen-bond donors (Lipinski definition) is 2. The first kappa shape index (κ1) is 18.4. The van der Waals surface area contributed by atoms with Gasteiger partial charge in [0.2, 0.25) is 0 Å². The van der Waals surface area contributed by atoms with Gasteiger partial charge in [-0.2, -0.15) is 5.06 Å². The number of methoxy groups -OCH3 is 1. The van der Waals surface area contributed by atoms with Gasteiger partial charge in [0.05, 0.1) is 18.5 Å². The topological polar surface area (TPSA) is 112 Å². The Kier molecular flexibility index (Phi) is 4.73. The van der Waals surface area contributed by atoms with Gasteiger partial charge in [-0.25, -0.2) is 9.59 Å². The van der Waals surface area contributed by atoms with Crippen molar-refractivity contribution in [3.63, 3.8) is 0 Å². The average molecular weight is 402 g/mol. The average Bonchev–Trinajstić information content (AvgIpc) is 3.26. The lowest BCUT2D eigenvalue weighted by Crippen LogP contribution is -2.38. The third-order valence-corrected chi connectivity index (χ3v) is 6.12. The number of thiophene rings is 1. The molecule has 2 aliphatic heterocycles. The van der Waals surface area contributed by atoms with E-state index in [2.05, 4.69) is 10.3 Å². The molecule has 10 heteroatoms. The molecule has 3 amide bonds. The van der Waals surface area contributed by atoms with Gasteiger partial charge >= 0.3 is 12.0 Å². The molecule has 2 unspecified atom stereocenters. The van der Waals surface area contributed by atoms with Crippen molar-refractivity contribution in [3.05, 3.63) is 51.5 Å². The van der Waals surface area contributed by atoms with Crippen molar-refractivity contribution in [2.24, 2.45) is 0 Å². The Balaban J connectivity index is 1.54. The molecule has 28 heavy (non-hydrogen) atoms. The lowest BCUT2D eigenvalue weighted by atomic mass is 9.99. The van der Waals surface area contributed by atoms with Crippen LogP contribution < -0.4 is 5.32 Å². The number of hydroxylamine groups is 2. The largest absolute Gasteiger partial charge is 0.467 e. The maximum Gasteiger partial charge on any atom is 0.345 e. The third kappa shape index (κ3) is 3.00. The maximum absolute atomic E-state index is 12.6. The Morgan fingerprint density at radius 3 is 2.86 bits per heavy atom. The molecule has 9 nitrogen and oxygen atoms in total. The summed E-state index contributed by atoms with van der Waals surface area (Å²) < 4.78 is 4.83. The summed E-state index contributed by atoms with van der Waals surface area (Å²) in [7, 11) is 1.24. The van der Waals surface area contributed by atoms with Crippen LogP contribution in [-0.4, -0.2) is 58.3 Å². The van der Waals surface area contributed by atoms with Crippen LogP contribution >= 0.6 is 11.3 Å². The predicted octanol–water partition coefficient (Wildman–Crippen LogP) is 1.51. The quantitative estimate of drug-likeness (QED) is 0.579. The highest BCUT2D eigenvalue weighted by molar-refractivity contribution is 7.14. The summed E-state index contributed by atoms with van der Waals surface area (Å²) in [5, 5.41) is 13.6. The Morgan fingerprint density at radius 2 is 2.14 bits per heavy atom. The summed E-state index contributed by atoms with van der Waals surface area (Å²) in [4.78, 5) is 43.2. The van der Waals surface area contributed by atoms with Crippen molar-refractivity contribution in [2.45, 2.75) is 18.5 Å². The minimum Gasteiger partial charge on any atom is -0.467 e. The van der Waals surface area contributed by atoms with Gasteiger partial charge in [-0.3, -0.25) is 15.0 Å². The smallest absolute Gasteiger partial charge is 0.345 e. The predicted molar refractivity (Wildman–Crippen MR) is 97.8 cm³/mol. The number of nitrogens with one attached hydrogen (secondary N) is 1. The molecule has 2 atom stereocenters. The Hall–Kier alpha value is -2.98. The van der Waals surface area contributed by atoms with Crippen molar-refractivity contribution in [2.75, 3.05) is 20.2 Å². The van der Waals surface area contributed by atoms with Gasteiger partial charge in [-0.05, 0) is 35.7 Å². The zero-order valence-electron chi connectivity index (χ0n) is 15.0. The van der Waals surface area contributed by atoms with Gasteiger partial charge in [0.25, 0.3) is 5.91 Å². The van der Waals surface area contributed by atoms with Crippen molar-refractivity contribution >= 4 is 29.2 Å². The van der Waals surface area contributed by atoms with Crippen molar-refractivity contribution in [3.8, 4) is 0 Å². The number of rotatable bonds is 5. The molecule has 2 aromatic heterocycles. The molecule has 2 aliphatic rings. The van der Waals surface area contributed by atoms with Crippen molar-refractivity contribution in [1.29, 1.82) is 0 Å². The SMILES string of the molecule is COC(=O)C1c2sc(C(=O)NCCc3ccncc3)cc2C2CN1C(=O)N2O. The zero-order chi connectivity index (χ0) is 19.8. The van der Waals surface area contributed by atoms with E-state index >= 15 is 0 Å². The maximum atomic E-state index is 12.6. The molecule has 2 bridgehead atoms. The zero-order valence-corrected chi connectivity index (χ0v) is 15.8. The van der Waals surface area contributed by atoms with Crippen LogP contribution in [0.5, 0.6) is 0 Å². The van der Waals surface area contributed by atoms with Crippen LogP contribution in [-0.2, 0) is 16.0 Å². The Labute approximate surface area is 164 Å². The second-order valence-corrected chi connectivity index (χ2v) is 7.60. The summed E-state index contributed by atoms with van der Waals surface area (Å²) in [6.45, 7) is 0.619. The fourth-order valence-electron chi connectivity index (χ4n) is 3.50. The van der Waals surface area contributed by atoms with Crippen LogP contribution in [0.15, 0.2) is 30.6 Å². The number of aromatic nitrogens is 1. The van der Waals surface area contributed by atoms with Crippen molar-refractivity contribution < 1.29 is 24.3 Å². The van der Waals surface area contributed by atoms with Crippen molar-refractivity contribution in [1.82, 2.24) is 20.3 Å². The van der Waals surface area contributed by atoms with E-state index in [9.17, 15) is 19.6 Å². The molecule has 2 N–H and O–H groups in total.